The van der Waals surface area contributed by atoms with E-state index in [1.54, 1.807) is 11.3 Å². The van der Waals surface area contributed by atoms with Crippen molar-refractivity contribution < 1.29 is 9.53 Å². The Bertz CT molecular complexity index is 462. The number of ether oxygens (including phenoxy) is 1. The van der Waals surface area contributed by atoms with Crippen LogP contribution >= 0.6 is 11.3 Å². The third kappa shape index (κ3) is 2.40. The van der Waals surface area contributed by atoms with Crippen molar-refractivity contribution in [1.29, 1.82) is 0 Å². The summed E-state index contributed by atoms with van der Waals surface area (Å²) in [5.74, 6) is -0.233. The molecule has 0 N–H and O–H groups in total. The predicted octanol–water partition coefficient (Wildman–Crippen LogP) is 1.00. The highest BCUT2D eigenvalue weighted by Gasteiger charge is 2.09. The molecule has 0 aliphatic carbocycles. The number of fused-ring (bicyclic) bond motifs is 1. The van der Waals surface area contributed by atoms with Crippen molar-refractivity contribution in [2.75, 3.05) is 20.7 Å². The second-order valence-corrected chi connectivity index (χ2v) is 4.45. The van der Waals surface area contributed by atoms with Crippen LogP contribution in [0.3, 0.4) is 0 Å². The fourth-order valence-corrected chi connectivity index (χ4v) is 2.19. The quantitative estimate of drug-likeness (QED) is 0.747. The summed E-state index contributed by atoms with van der Waals surface area (Å²) in [4.78, 5) is 18.3. The van der Waals surface area contributed by atoms with Crippen LogP contribution in [0.5, 0.6) is 0 Å². The molecule has 0 spiro atoms. The van der Waals surface area contributed by atoms with E-state index in [9.17, 15) is 4.79 Å². The number of aromatic nitrogens is 2. The molecule has 0 bridgehead atoms. The maximum Gasteiger partial charge on any atom is 0.319 e. The number of hydrogen-bond donors (Lipinski definition) is 0. The van der Waals surface area contributed by atoms with Crippen molar-refractivity contribution in [2.45, 2.75) is 6.54 Å². The van der Waals surface area contributed by atoms with Gasteiger partial charge in [-0.15, -0.1) is 11.3 Å². The maximum absolute atomic E-state index is 11.0. The van der Waals surface area contributed by atoms with E-state index in [0.29, 0.717) is 6.54 Å². The molecule has 0 aromatic carbocycles. The molecule has 6 heteroatoms. The van der Waals surface area contributed by atoms with Gasteiger partial charge in [0, 0.05) is 24.3 Å². The summed E-state index contributed by atoms with van der Waals surface area (Å²) >= 11 is 1.60. The Morgan fingerprint density at radius 3 is 3.19 bits per heavy atom. The fraction of sp³-hybridized carbons (Fsp3) is 0.400. The minimum atomic E-state index is -0.233. The highest BCUT2D eigenvalue weighted by molar-refractivity contribution is 7.15. The SMILES string of the molecule is COC(=O)CN(C)Cc1cn2ccsc2n1. The van der Waals surface area contributed by atoms with Crippen molar-refractivity contribution in [1.82, 2.24) is 14.3 Å². The monoisotopic (exact) mass is 239 g/mol. The van der Waals surface area contributed by atoms with Crippen molar-refractivity contribution in [3.05, 3.63) is 23.5 Å². The van der Waals surface area contributed by atoms with E-state index in [4.69, 9.17) is 0 Å². The molecule has 2 rings (SSSR count). The van der Waals surface area contributed by atoms with Gasteiger partial charge in [0.25, 0.3) is 0 Å². The molecule has 2 aromatic heterocycles. The molecule has 0 amide bonds. The minimum Gasteiger partial charge on any atom is -0.468 e. The van der Waals surface area contributed by atoms with Gasteiger partial charge in [-0.05, 0) is 7.05 Å². The Balaban J connectivity index is 1.99. The lowest BCUT2D eigenvalue weighted by atomic mass is 10.4. The van der Waals surface area contributed by atoms with E-state index in [0.717, 1.165) is 10.7 Å². The normalized spacial score (nSPS) is 11.2. The van der Waals surface area contributed by atoms with Gasteiger partial charge in [0.2, 0.25) is 0 Å². The second-order valence-electron chi connectivity index (χ2n) is 3.57. The molecule has 86 valence electrons. The first-order valence-electron chi connectivity index (χ1n) is 4.85. The van der Waals surface area contributed by atoms with Gasteiger partial charge in [-0.3, -0.25) is 14.1 Å². The second kappa shape index (κ2) is 4.63. The van der Waals surface area contributed by atoms with Gasteiger partial charge in [-0.25, -0.2) is 4.98 Å². The number of thiazole rings is 1. The molecular formula is C10H13N3O2S. The summed E-state index contributed by atoms with van der Waals surface area (Å²) in [7, 11) is 3.26. The Labute approximate surface area is 97.3 Å². The number of rotatable bonds is 4. The van der Waals surface area contributed by atoms with E-state index in [-0.39, 0.29) is 12.5 Å². The zero-order chi connectivity index (χ0) is 11.5. The third-order valence-electron chi connectivity index (χ3n) is 2.20. The number of nitrogens with zero attached hydrogens (tertiary/aromatic N) is 3. The van der Waals surface area contributed by atoms with Crippen molar-refractivity contribution in [3.63, 3.8) is 0 Å². The molecule has 0 aliphatic rings. The van der Waals surface area contributed by atoms with Crippen LogP contribution < -0.4 is 0 Å². The molecule has 2 aromatic rings. The molecule has 2 heterocycles. The van der Waals surface area contributed by atoms with Crippen LogP contribution in [-0.2, 0) is 16.1 Å². The first-order chi connectivity index (χ1) is 7.69. The summed E-state index contributed by atoms with van der Waals surface area (Å²) in [5.41, 5.74) is 0.957. The molecule has 0 unspecified atom stereocenters. The summed E-state index contributed by atoms with van der Waals surface area (Å²) in [6.07, 6.45) is 3.94. The fourth-order valence-electron chi connectivity index (χ4n) is 1.47. The van der Waals surface area contributed by atoms with Crippen LogP contribution in [0.25, 0.3) is 4.96 Å². The van der Waals surface area contributed by atoms with E-state index in [1.165, 1.54) is 7.11 Å². The van der Waals surface area contributed by atoms with Crippen LogP contribution in [0.4, 0.5) is 0 Å². The van der Waals surface area contributed by atoms with Gasteiger partial charge < -0.3 is 4.74 Å². The van der Waals surface area contributed by atoms with Gasteiger partial charge in [0.05, 0.1) is 19.3 Å². The third-order valence-corrected chi connectivity index (χ3v) is 2.97. The van der Waals surface area contributed by atoms with Crippen molar-refractivity contribution in [2.24, 2.45) is 0 Å². The Morgan fingerprint density at radius 1 is 1.69 bits per heavy atom. The first kappa shape index (κ1) is 11.1. The smallest absolute Gasteiger partial charge is 0.319 e. The predicted molar refractivity (Wildman–Crippen MR) is 61.4 cm³/mol. The zero-order valence-corrected chi connectivity index (χ0v) is 10.0. The zero-order valence-electron chi connectivity index (χ0n) is 9.21. The number of carbonyl (C=O) groups is 1. The average Bonchev–Trinajstić information content (AvgIpc) is 2.77. The lowest BCUT2D eigenvalue weighted by Crippen LogP contribution is -2.26. The summed E-state index contributed by atoms with van der Waals surface area (Å²) in [6, 6.07) is 0. The van der Waals surface area contributed by atoms with Gasteiger partial charge in [-0.1, -0.05) is 0 Å². The molecule has 0 aliphatic heterocycles. The molecule has 0 fully saturated rings. The van der Waals surface area contributed by atoms with Gasteiger partial charge in [-0.2, -0.15) is 0 Å². The first-order valence-corrected chi connectivity index (χ1v) is 5.73. The Kier molecular flexibility index (Phi) is 3.21. The number of likely N-dealkylation sites (N-methyl/N-ethyl adjacent to an activating group) is 1. The van der Waals surface area contributed by atoms with Crippen LogP contribution in [0.15, 0.2) is 17.8 Å². The lowest BCUT2D eigenvalue weighted by Gasteiger charge is -2.12. The average molecular weight is 239 g/mol. The van der Waals surface area contributed by atoms with Crippen molar-refractivity contribution in [3.8, 4) is 0 Å². The molecule has 0 saturated carbocycles. The van der Waals surface area contributed by atoms with Crippen molar-refractivity contribution >= 4 is 22.3 Å². The number of imidazole rings is 1. The highest BCUT2D eigenvalue weighted by atomic mass is 32.1. The summed E-state index contributed by atoms with van der Waals surface area (Å²) in [5, 5.41) is 1.99. The van der Waals surface area contributed by atoms with Crippen LogP contribution in [-0.4, -0.2) is 41.0 Å². The molecule has 16 heavy (non-hydrogen) atoms. The van der Waals surface area contributed by atoms with E-state index in [2.05, 4.69) is 9.72 Å². The Hall–Kier alpha value is -1.40. The molecule has 0 saturated heterocycles. The maximum atomic E-state index is 11.0. The number of hydrogen-bond acceptors (Lipinski definition) is 5. The number of esters is 1. The summed E-state index contributed by atoms with van der Waals surface area (Å²) in [6.45, 7) is 0.922. The minimum absolute atomic E-state index is 0.233. The topological polar surface area (TPSA) is 46.8 Å². The van der Waals surface area contributed by atoms with Gasteiger partial charge in [0.1, 0.15) is 0 Å². The van der Waals surface area contributed by atoms with E-state index >= 15 is 0 Å². The standard InChI is InChI=1S/C10H13N3O2S/c1-12(7-9(14)15-2)5-8-6-13-3-4-16-10(13)11-8/h3-4,6H,5,7H2,1-2H3. The van der Waals surface area contributed by atoms with Gasteiger partial charge in [0.15, 0.2) is 4.96 Å². The molecule has 0 radical (unpaired) electrons. The lowest BCUT2D eigenvalue weighted by molar-refractivity contribution is -0.141. The largest absolute Gasteiger partial charge is 0.468 e. The molecule has 5 nitrogen and oxygen atoms in total. The van der Waals surface area contributed by atoms with E-state index in [1.807, 2.05) is 34.1 Å². The summed E-state index contributed by atoms with van der Waals surface area (Å²) < 4.78 is 6.58. The van der Waals surface area contributed by atoms with Crippen LogP contribution in [0.2, 0.25) is 0 Å². The number of carbonyl (C=O) groups excluding carboxylic acids is 1. The van der Waals surface area contributed by atoms with Crippen LogP contribution in [0, 0.1) is 0 Å². The van der Waals surface area contributed by atoms with Gasteiger partial charge >= 0.3 is 5.97 Å². The molecule has 0 atom stereocenters. The van der Waals surface area contributed by atoms with Crippen LogP contribution in [0.1, 0.15) is 5.69 Å². The highest BCUT2D eigenvalue weighted by Crippen LogP contribution is 2.12. The number of methoxy groups -OCH3 is 1. The molecular weight excluding hydrogens is 226 g/mol. The van der Waals surface area contributed by atoms with E-state index < -0.39 is 0 Å². The Morgan fingerprint density at radius 2 is 2.50 bits per heavy atom.